The van der Waals surface area contributed by atoms with Crippen LogP contribution in [0.1, 0.15) is 23.0 Å². The lowest BCUT2D eigenvalue weighted by Gasteiger charge is -2.09. The molecular formula is C20H16N6O2. The van der Waals surface area contributed by atoms with E-state index in [2.05, 4.69) is 25.9 Å². The van der Waals surface area contributed by atoms with Crippen molar-refractivity contribution >= 4 is 34.7 Å². The van der Waals surface area contributed by atoms with E-state index in [0.29, 0.717) is 22.8 Å². The molecule has 0 radical (unpaired) electrons. The zero-order valence-electron chi connectivity index (χ0n) is 14.9. The maximum atomic E-state index is 12.5. The van der Waals surface area contributed by atoms with Crippen molar-refractivity contribution in [3.05, 3.63) is 72.2 Å². The van der Waals surface area contributed by atoms with Gasteiger partial charge < -0.3 is 16.0 Å². The maximum Gasteiger partial charge on any atom is 0.274 e. The van der Waals surface area contributed by atoms with E-state index < -0.39 is 5.91 Å². The van der Waals surface area contributed by atoms with Crippen LogP contribution in [0, 0.1) is 11.3 Å². The van der Waals surface area contributed by atoms with Crippen molar-refractivity contribution in [3.63, 3.8) is 0 Å². The van der Waals surface area contributed by atoms with Gasteiger partial charge in [0, 0.05) is 24.4 Å². The molecule has 3 aromatic rings. The molecule has 0 saturated heterocycles. The van der Waals surface area contributed by atoms with Crippen LogP contribution < -0.4 is 16.0 Å². The van der Waals surface area contributed by atoms with Crippen LogP contribution in [0.15, 0.2) is 60.9 Å². The molecule has 0 atom stereocenters. The third-order valence-electron chi connectivity index (χ3n) is 3.67. The van der Waals surface area contributed by atoms with Crippen molar-refractivity contribution in [1.29, 1.82) is 5.26 Å². The number of nitrogens with zero attached hydrogens (tertiary/aromatic N) is 3. The molecule has 28 heavy (non-hydrogen) atoms. The van der Waals surface area contributed by atoms with Gasteiger partial charge in [-0.25, -0.2) is 9.97 Å². The molecule has 138 valence electrons. The zero-order valence-corrected chi connectivity index (χ0v) is 14.9. The Morgan fingerprint density at radius 1 is 0.964 bits per heavy atom. The summed E-state index contributed by atoms with van der Waals surface area (Å²) in [6.07, 6.45) is 1.28. The van der Waals surface area contributed by atoms with Gasteiger partial charge in [0.15, 0.2) is 0 Å². The van der Waals surface area contributed by atoms with Crippen molar-refractivity contribution < 1.29 is 9.59 Å². The molecule has 0 fully saturated rings. The van der Waals surface area contributed by atoms with Gasteiger partial charge in [-0.15, -0.1) is 0 Å². The first-order valence-corrected chi connectivity index (χ1v) is 8.32. The summed E-state index contributed by atoms with van der Waals surface area (Å²) in [7, 11) is 0. The van der Waals surface area contributed by atoms with Crippen molar-refractivity contribution in [2.75, 3.05) is 16.0 Å². The number of anilines is 4. The van der Waals surface area contributed by atoms with Gasteiger partial charge in [0.25, 0.3) is 5.91 Å². The topological polar surface area (TPSA) is 120 Å². The molecule has 1 heterocycles. The molecule has 0 bridgehead atoms. The number of carbonyl (C=O) groups excluding carboxylic acids is 2. The molecule has 3 rings (SSSR count). The quantitative estimate of drug-likeness (QED) is 0.632. The number of amides is 2. The number of nitriles is 1. The average Bonchev–Trinajstić information content (AvgIpc) is 2.70. The first kappa shape index (κ1) is 18.5. The van der Waals surface area contributed by atoms with Gasteiger partial charge in [0.1, 0.15) is 23.9 Å². The Hall–Kier alpha value is -4.25. The average molecular weight is 372 g/mol. The van der Waals surface area contributed by atoms with Gasteiger partial charge in [-0.3, -0.25) is 9.59 Å². The molecule has 0 aliphatic carbocycles. The molecule has 0 spiro atoms. The van der Waals surface area contributed by atoms with Crippen molar-refractivity contribution in [1.82, 2.24) is 9.97 Å². The Morgan fingerprint density at radius 2 is 1.68 bits per heavy atom. The van der Waals surface area contributed by atoms with Gasteiger partial charge in [-0.1, -0.05) is 12.1 Å². The zero-order chi connectivity index (χ0) is 19.9. The van der Waals surface area contributed by atoms with E-state index >= 15 is 0 Å². The predicted molar refractivity (Wildman–Crippen MR) is 105 cm³/mol. The highest BCUT2D eigenvalue weighted by molar-refractivity contribution is 6.04. The Bertz CT molecular complexity index is 1060. The number of benzene rings is 2. The molecule has 8 heteroatoms. The summed E-state index contributed by atoms with van der Waals surface area (Å²) in [5.74, 6) is -0.166. The van der Waals surface area contributed by atoms with Crippen LogP contribution >= 0.6 is 0 Å². The normalized spacial score (nSPS) is 9.86. The second kappa shape index (κ2) is 8.42. The number of rotatable bonds is 5. The highest BCUT2D eigenvalue weighted by Crippen LogP contribution is 2.19. The summed E-state index contributed by atoms with van der Waals surface area (Å²) in [5, 5.41) is 17.5. The monoisotopic (exact) mass is 372 g/mol. The fourth-order valence-corrected chi connectivity index (χ4v) is 2.41. The van der Waals surface area contributed by atoms with Gasteiger partial charge in [-0.2, -0.15) is 5.26 Å². The van der Waals surface area contributed by atoms with E-state index in [-0.39, 0.29) is 11.6 Å². The number of para-hydroxylation sites is 1. The number of hydrogen-bond donors (Lipinski definition) is 3. The van der Waals surface area contributed by atoms with E-state index in [1.165, 1.54) is 19.3 Å². The summed E-state index contributed by atoms with van der Waals surface area (Å²) < 4.78 is 0. The number of carbonyl (C=O) groups is 2. The first-order valence-electron chi connectivity index (χ1n) is 8.32. The maximum absolute atomic E-state index is 12.5. The smallest absolute Gasteiger partial charge is 0.274 e. The first-order chi connectivity index (χ1) is 13.5. The van der Waals surface area contributed by atoms with Crippen LogP contribution in [0.3, 0.4) is 0 Å². The lowest BCUT2D eigenvalue weighted by atomic mass is 10.2. The minimum absolute atomic E-state index is 0.148. The second-order valence-corrected chi connectivity index (χ2v) is 5.78. The van der Waals surface area contributed by atoms with Gasteiger partial charge in [0.2, 0.25) is 5.91 Å². The van der Waals surface area contributed by atoms with Gasteiger partial charge >= 0.3 is 0 Å². The van der Waals surface area contributed by atoms with Crippen molar-refractivity contribution in [2.24, 2.45) is 0 Å². The summed E-state index contributed by atoms with van der Waals surface area (Å²) in [4.78, 5) is 31.6. The van der Waals surface area contributed by atoms with E-state index in [1.54, 1.807) is 48.5 Å². The molecular weight excluding hydrogens is 356 g/mol. The fourth-order valence-electron chi connectivity index (χ4n) is 2.41. The van der Waals surface area contributed by atoms with Crippen molar-refractivity contribution in [2.45, 2.75) is 6.92 Å². The third-order valence-corrected chi connectivity index (χ3v) is 3.67. The Morgan fingerprint density at radius 3 is 2.39 bits per heavy atom. The van der Waals surface area contributed by atoms with Crippen molar-refractivity contribution in [3.8, 4) is 6.07 Å². The molecule has 2 aromatic carbocycles. The van der Waals surface area contributed by atoms with E-state index in [0.717, 1.165) is 5.69 Å². The van der Waals surface area contributed by atoms with E-state index in [1.807, 2.05) is 6.07 Å². The molecule has 0 aliphatic rings. The lowest BCUT2D eigenvalue weighted by Crippen LogP contribution is -2.15. The molecule has 8 nitrogen and oxygen atoms in total. The van der Waals surface area contributed by atoms with Crippen LogP contribution in [0.4, 0.5) is 22.9 Å². The molecule has 0 aliphatic heterocycles. The molecule has 1 aromatic heterocycles. The highest BCUT2D eigenvalue weighted by Gasteiger charge is 2.11. The van der Waals surface area contributed by atoms with Crippen LogP contribution in [0.2, 0.25) is 0 Å². The number of nitrogens with one attached hydrogen (secondary N) is 3. The summed E-state index contributed by atoms with van der Waals surface area (Å²) in [5.41, 5.74) is 2.34. The Balaban J connectivity index is 1.72. The fraction of sp³-hybridized carbons (Fsp3) is 0.0500. The second-order valence-electron chi connectivity index (χ2n) is 5.78. The minimum Gasteiger partial charge on any atom is -0.340 e. The SMILES string of the molecule is CC(=O)Nc1ccc(Nc2cc(C(=O)Nc3ccccc3C#N)ncn2)cc1. The molecule has 0 saturated carbocycles. The largest absolute Gasteiger partial charge is 0.340 e. The van der Waals surface area contributed by atoms with Crippen LogP contribution in [0.25, 0.3) is 0 Å². The summed E-state index contributed by atoms with van der Waals surface area (Å²) in [6, 6.07) is 17.3. The van der Waals surface area contributed by atoms with Crippen LogP contribution in [-0.2, 0) is 4.79 Å². The molecule has 0 unspecified atom stereocenters. The molecule has 2 amide bonds. The Kier molecular flexibility index (Phi) is 5.58. The highest BCUT2D eigenvalue weighted by atomic mass is 16.2. The lowest BCUT2D eigenvalue weighted by molar-refractivity contribution is -0.114. The van der Waals surface area contributed by atoms with E-state index in [4.69, 9.17) is 5.26 Å². The van der Waals surface area contributed by atoms with E-state index in [9.17, 15) is 9.59 Å². The number of hydrogen-bond acceptors (Lipinski definition) is 6. The Labute approximate surface area is 161 Å². The summed E-state index contributed by atoms with van der Waals surface area (Å²) >= 11 is 0. The predicted octanol–water partition coefficient (Wildman–Crippen LogP) is 3.30. The van der Waals surface area contributed by atoms with Crippen LogP contribution in [-0.4, -0.2) is 21.8 Å². The summed E-state index contributed by atoms with van der Waals surface area (Å²) in [6.45, 7) is 1.44. The minimum atomic E-state index is -0.450. The standard InChI is InChI=1S/C20H16N6O2/c1-13(27)24-15-6-8-16(9-7-15)25-19-10-18(22-12-23-19)20(28)26-17-5-3-2-4-14(17)11-21/h2-10,12H,1H3,(H,24,27)(H,26,28)(H,22,23,25). The van der Waals surface area contributed by atoms with Gasteiger partial charge in [0.05, 0.1) is 11.3 Å². The van der Waals surface area contributed by atoms with Gasteiger partial charge in [-0.05, 0) is 36.4 Å². The molecule has 3 N–H and O–H groups in total. The van der Waals surface area contributed by atoms with Crippen LogP contribution in [0.5, 0.6) is 0 Å². The third kappa shape index (κ3) is 4.68. The number of aromatic nitrogens is 2.